The highest BCUT2D eigenvalue weighted by Crippen LogP contribution is 2.30. The third kappa shape index (κ3) is 3.90. The van der Waals surface area contributed by atoms with E-state index in [1.807, 2.05) is 38.1 Å². The Morgan fingerprint density at radius 2 is 1.78 bits per heavy atom. The van der Waals surface area contributed by atoms with Crippen LogP contribution in [0.5, 0.6) is 0 Å². The number of carbonyl (C=O) groups excluding carboxylic acids is 2. The van der Waals surface area contributed by atoms with Crippen LogP contribution in [0.2, 0.25) is 0 Å². The Balaban J connectivity index is 1.80. The smallest absolute Gasteiger partial charge is 0.229 e. The van der Waals surface area contributed by atoms with E-state index in [1.54, 1.807) is 4.90 Å². The number of amides is 2. The minimum absolute atomic E-state index is 0.0170. The number of hydrogen-bond donors (Lipinski definition) is 1. The molecule has 0 aliphatic carbocycles. The molecule has 2 aromatic carbocycles. The number of anilines is 2. The summed E-state index contributed by atoms with van der Waals surface area (Å²) in [6.07, 6.45) is 1.98. The van der Waals surface area contributed by atoms with E-state index in [2.05, 4.69) is 31.3 Å². The molecule has 27 heavy (non-hydrogen) atoms. The second-order valence-corrected chi connectivity index (χ2v) is 7.34. The molecule has 1 heterocycles. The number of nitrogens with one attached hydrogen (secondary N) is 1. The molecule has 4 nitrogen and oxygen atoms in total. The first-order chi connectivity index (χ1) is 12.9. The normalized spacial score (nSPS) is 16.7. The summed E-state index contributed by atoms with van der Waals surface area (Å²) in [6, 6.07) is 12.2. The summed E-state index contributed by atoms with van der Waals surface area (Å²) in [4.78, 5) is 27.3. The molecule has 142 valence electrons. The summed E-state index contributed by atoms with van der Waals surface area (Å²) < 4.78 is 0. The van der Waals surface area contributed by atoms with Gasteiger partial charge in [-0.1, -0.05) is 44.2 Å². The molecule has 3 rings (SSSR count). The number of rotatable bonds is 5. The standard InChI is InChI=1S/C23H28N2O2/c1-5-17-8-7-9-18(6-2)22(17)24-23(27)19-13-21(26)25(14-19)20-12-15(3)10-11-16(20)4/h7-12,19H,5-6,13-14H2,1-4H3,(H,24,27)/t19-/m0/s1. The molecule has 1 fully saturated rings. The average Bonchev–Trinajstić information content (AvgIpc) is 3.05. The molecule has 0 bridgehead atoms. The van der Waals surface area contributed by atoms with Crippen LogP contribution in [-0.4, -0.2) is 18.4 Å². The molecule has 0 saturated carbocycles. The molecule has 1 saturated heterocycles. The summed E-state index contributed by atoms with van der Waals surface area (Å²) in [6.45, 7) is 8.63. The highest BCUT2D eigenvalue weighted by Gasteiger charge is 2.36. The van der Waals surface area contributed by atoms with Crippen LogP contribution in [0.4, 0.5) is 11.4 Å². The van der Waals surface area contributed by atoms with Gasteiger partial charge in [0, 0.05) is 24.3 Å². The lowest BCUT2D eigenvalue weighted by molar-refractivity contribution is -0.122. The average molecular weight is 364 g/mol. The van der Waals surface area contributed by atoms with E-state index in [1.165, 1.54) is 0 Å². The Bertz CT molecular complexity index is 850. The van der Waals surface area contributed by atoms with Crippen molar-refractivity contribution in [3.05, 3.63) is 58.7 Å². The quantitative estimate of drug-likeness (QED) is 0.854. The van der Waals surface area contributed by atoms with E-state index in [-0.39, 0.29) is 24.2 Å². The van der Waals surface area contributed by atoms with Gasteiger partial charge in [-0.15, -0.1) is 0 Å². The molecule has 0 radical (unpaired) electrons. The fraction of sp³-hybridized carbons (Fsp3) is 0.391. The fourth-order valence-electron chi connectivity index (χ4n) is 3.75. The molecule has 4 heteroatoms. The Labute approximate surface area is 161 Å². The summed E-state index contributed by atoms with van der Waals surface area (Å²) in [5.41, 5.74) is 6.28. The SMILES string of the molecule is CCc1cccc(CC)c1NC(=O)[C@H]1CC(=O)N(c2cc(C)ccc2C)C1. The Kier molecular flexibility index (Phi) is 5.64. The van der Waals surface area contributed by atoms with Crippen molar-refractivity contribution in [3.8, 4) is 0 Å². The predicted octanol–water partition coefficient (Wildman–Crippen LogP) is 4.42. The van der Waals surface area contributed by atoms with E-state index < -0.39 is 0 Å². The van der Waals surface area contributed by atoms with Gasteiger partial charge >= 0.3 is 0 Å². The maximum Gasteiger partial charge on any atom is 0.229 e. The molecular weight excluding hydrogens is 336 g/mol. The van der Waals surface area contributed by atoms with Gasteiger partial charge in [0.25, 0.3) is 0 Å². The monoisotopic (exact) mass is 364 g/mol. The van der Waals surface area contributed by atoms with E-state index in [0.29, 0.717) is 6.54 Å². The van der Waals surface area contributed by atoms with Gasteiger partial charge < -0.3 is 10.2 Å². The van der Waals surface area contributed by atoms with Crippen LogP contribution < -0.4 is 10.2 Å². The van der Waals surface area contributed by atoms with Gasteiger partial charge in [-0.3, -0.25) is 9.59 Å². The maximum atomic E-state index is 12.9. The number of carbonyl (C=O) groups is 2. The minimum atomic E-state index is -0.327. The van der Waals surface area contributed by atoms with Crippen molar-refractivity contribution in [2.75, 3.05) is 16.8 Å². The van der Waals surface area contributed by atoms with Crippen molar-refractivity contribution >= 4 is 23.2 Å². The lowest BCUT2D eigenvalue weighted by Gasteiger charge is -2.20. The van der Waals surface area contributed by atoms with Gasteiger partial charge in [-0.2, -0.15) is 0 Å². The van der Waals surface area contributed by atoms with Crippen LogP contribution in [0.3, 0.4) is 0 Å². The molecule has 1 atom stereocenters. The van der Waals surface area contributed by atoms with E-state index in [0.717, 1.165) is 46.5 Å². The van der Waals surface area contributed by atoms with Crippen LogP contribution in [0.25, 0.3) is 0 Å². The van der Waals surface area contributed by atoms with Crippen molar-refractivity contribution in [3.63, 3.8) is 0 Å². The zero-order chi connectivity index (χ0) is 19.6. The Morgan fingerprint density at radius 1 is 1.11 bits per heavy atom. The van der Waals surface area contributed by atoms with E-state index >= 15 is 0 Å². The minimum Gasteiger partial charge on any atom is -0.325 e. The molecular formula is C23H28N2O2. The largest absolute Gasteiger partial charge is 0.325 e. The van der Waals surface area contributed by atoms with Crippen LogP contribution in [0.15, 0.2) is 36.4 Å². The van der Waals surface area contributed by atoms with Gasteiger partial charge in [0.1, 0.15) is 0 Å². The highest BCUT2D eigenvalue weighted by molar-refractivity contribution is 6.04. The predicted molar refractivity (Wildman–Crippen MR) is 110 cm³/mol. The summed E-state index contributed by atoms with van der Waals surface area (Å²) in [5, 5.41) is 3.12. The van der Waals surface area contributed by atoms with Gasteiger partial charge in [-0.25, -0.2) is 0 Å². The first kappa shape index (κ1) is 19.2. The lowest BCUT2D eigenvalue weighted by atomic mass is 10.0. The van der Waals surface area contributed by atoms with Gasteiger partial charge in [0.2, 0.25) is 11.8 Å². The van der Waals surface area contributed by atoms with Crippen LogP contribution in [0.1, 0.15) is 42.5 Å². The summed E-state index contributed by atoms with van der Waals surface area (Å²) in [7, 11) is 0. The van der Waals surface area contributed by atoms with Crippen LogP contribution >= 0.6 is 0 Å². The van der Waals surface area contributed by atoms with Crippen molar-refractivity contribution < 1.29 is 9.59 Å². The molecule has 1 aliphatic heterocycles. The first-order valence-electron chi connectivity index (χ1n) is 9.73. The number of benzene rings is 2. The van der Waals surface area contributed by atoms with Gasteiger partial charge in [0.05, 0.1) is 5.92 Å². The maximum absolute atomic E-state index is 12.9. The first-order valence-corrected chi connectivity index (χ1v) is 9.73. The molecule has 0 unspecified atom stereocenters. The molecule has 2 amide bonds. The van der Waals surface area contributed by atoms with Crippen molar-refractivity contribution in [2.45, 2.75) is 47.0 Å². The zero-order valence-corrected chi connectivity index (χ0v) is 16.6. The summed E-state index contributed by atoms with van der Waals surface area (Å²) >= 11 is 0. The van der Waals surface area contributed by atoms with Crippen molar-refractivity contribution in [2.24, 2.45) is 5.92 Å². The Morgan fingerprint density at radius 3 is 2.41 bits per heavy atom. The number of para-hydroxylation sites is 1. The fourth-order valence-corrected chi connectivity index (χ4v) is 3.75. The third-order valence-electron chi connectivity index (χ3n) is 5.40. The molecule has 0 aromatic heterocycles. The molecule has 1 aliphatic rings. The second kappa shape index (κ2) is 7.95. The summed E-state index contributed by atoms with van der Waals surface area (Å²) in [5.74, 6) is -0.373. The molecule has 1 N–H and O–H groups in total. The Hall–Kier alpha value is -2.62. The molecule has 0 spiro atoms. The number of nitrogens with zero attached hydrogens (tertiary/aromatic N) is 1. The molecule has 2 aromatic rings. The lowest BCUT2D eigenvalue weighted by Crippen LogP contribution is -2.29. The number of aryl methyl sites for hydroxylation is 4. The van der Waals surface area contributed by atoms with E-state index in [9.17, 15) is 9.59 Å². The van der Waals surface area contributed by atoms with E-state index in [4.69, 9.17) is 0 Å². The zero-order valence-electron chi connectivity index (χ0n) is 16.6. The highest BCUT2D eigenvalue weighted by atomic mass is 16.2. The van der Waals surface area contributed by atoms with Crippen LogP contribution in [0, 0.1) is 19.8 Å². The second-order valence-electron chi connectivity index (χ2n) is 7.34. The van der Waals surface area contributed by atoms with Crippen LogP contribution in [-0.2, 0) is 22.4 Å². The van der Waals surface area contributed by atoms with Crippen molar-refractivity contribution in [1.29, 1.82) is 0 Å². The topological polar surface area (TPSA) is 49.4 Å². The van der Waals surface area contributed by atoms with Gasteiger partial charge in [-0.05, 0) is 55.0 Å². The number of hydrogen-bond acceptors (Lipinski definition) is 2. The third-order valence-corrected chi connectivity index (χ3v) is 5.40. The van der Waals surface area contributed by atoms with Gasteiger partial charge in [0.15, 0.2) is 0 Å². The van der Waals surface area contributed by atoms with Crippen molar-refractivity contribution in [1.82, 2.24) is 0 Å².